The van der Waals surface area contributed by atoms with Gasteiger partial charge in [-0.1, -0.05) is 65.7 Å². The molecule has 1 aromatic heterocycles. The molecule has 1 aliphatic carbocycles. The second-order valence-corrected chi connectivity index (χ2v) is 9.10. The van der Waals surface area contributed by atoms with Gasteiger partial charge in [0.1, 0.15) is 5.75 Å². The molecular weight excluding hydrogens is 427 g/mol. The molecule has 1 aliphatic heterocycles. The van der Waals surface area contributed by atoms with Crippen LogP contribution in [0.4, 0.5) is 5.69 Å². The van der Waals surface area contributed by atoms with E-state index in [1.165, 1.54) is 5.56 Å². The number of nitrogens with zero attached hydrogens (tertiary/aromatic N) is 1. The maximum Gasteiger partial charge on any atom is 0.225 e. The number of anilines is 1. The SMILES string of the molecule is Nc1c2c(nc3c1C(c1ccc(Cl)c(Cl)c1)c1ccc4ccccc4c1O3)CCCC2. The molecule has 3 aromatic carbocycles. The first-order valence-corrected chi connectivity index (χ1v) is 11.3. The van der Waals surface area contributed by atoms with Gasteiger partial charge >= 0.3 is 0 Å². The maximum atomic E-state index is 6.81. The van der Waals surface area contributed by atoms with Crippen LogP contribution < -0.4 is 10.5 Å². The molecule has 4 aromatic rings. The molecule has 2 heterocycles. The average Bonchev–Trinajstić information content (AvgIpc) is 2.80. The third-order valence-corrected chi connectivity index (χ3v) is 7.25. The summed E-state index contributed by atoms with van der Waals surface area (Å²) in [7, 11) is 0. The first kappa shape index (κ1) is 19.0. The molecule has 6 rings (SSSR count). The molecule has 0 bridgehead atoms. The molecule has 5 heteroatoms. The lowest BCUT2D eigenvalue weighted by molar-refractivity contribution is 0.435. The number of nitrogen functional groups attached to an aromatic ring is 1. The van der Waals surface area contributed by atoms with Gasteiger partial charge in [0.15, 0.2) is 0 Å². The number of ether oxygens (including phenoxy) is 1. The van der Waals surface area contributed by atoms with Gasteiger partial charge in [-0.25, -0.2) is 4.98 Å². The van der Waals surface area contributed by atoms with E-state index in [9.17, 15) is 0 Å². The second kappa shape index (κ2) is 7.15. The zero-order valence-corrected chi connectivity index (χ0v) is 18.3. The van der Waals surface area contributed by atoms with Crippen LogP contribution in [-0.4, -0.2) is 4.98 Å². The molecular formula is C26H20Cl2N2O. The number of hydrogen-bond donors (Lipinski definition) is 1. The molecule has 0 saturated carbocycles. The van der Waals surface area contributed by atoms with Gasteiger partial charge < -0.3 is 10.5 Å². The second-order valence-electron chi connectivity index (χ2n) is 8.29. The number of rotatable bonds is 1. The molecule has 1 atom stereocenters. The van der Waals surface area contributed by atoms with Crippen molar-refractivity contribution in [3.63, 3.8) is 0 Å². The van der Waals surface area contributed by atoms with Crippen molar-refractivity contribution in [2.24, 2.45) is 0 Å². The summed E-state index contributed by atoms with van der Waals surface area (Å²) in [5, 5.41) is 3.25. The highest BCUT2D eigenvalue weighted by Gasteiger charge is 2.35. The third-order valence-electron chi connectivity index (χ3n) is 6.51. The lowest BCUT2D eigenvalue weighted by Gasteiger charge is -2.32. The van der Waals surface area contributed by atoms with E-state index in [-0.39, 0.29) is 5.92 Å². The summed E-state index contributed by atoms with van der Waals surface area (Å²) >= 11 is 12.7. The van der Waals surface area contributed by atoms with Crippen molar-refractivity contribution >= 4 is 39.7 Å². The van der Waals surface area contributed by atoms with Crippen molar-refractivity contribution in [2.45, 2.75) is 31.6 Å². The van der Waals surface area contributed by atoms with Crippen molar-refractivity contribution in [1.82, 2.24) is 4.98 Å². The Kier molecular flexibility index (Phi) is 4.38. The quantitative estimate of drug-likeness (QED) is 0.294. The average molecular weight is 447 g/mol. The molecule has 154 valence electrons. The number of pyridine rings is 1. The highest BCUT2D eigenvalue weighted by molar-refractivity contribution is 6.42. The van der Waals surface area contributed by atoms with Crippen molar-refractivity contribution in [1.29, 1.82) is 0 Å². The normalized spacial score (nSPS) is 16.9. The standard InChI is InChI=1S/C26H20Cl2N2O/c27-19-12-10-15(13-20(19)28)22-18-11-9-14-5-1-2-6-16(14)25(18)31-26-23(22)24(29)17-7-3-4-8-21(17)30-26/h1-2,5-6,9-13,22H,3-4,7-8H2,(H2,29,30). The summed E-state index contributed by atoms with van der Waals surface area (Å²) in [5.74, 6) is 1.32. The largest absolute Gasteiger partial charge is 0.438 e. The summed E-state index contributed by atoms with van der Waals surface area (Å²) in [4.78, 5) is 4.97. The van der Waals surface area contributed by atoms with Crippen LogP contribution in [0.5, 0.6) is 11.6 Å². The highest BCUT2D eigenvalue weighted by atomic mass is 35.5. The Morgan fingerprint density at radius 2 is 1.77 bits per heavy atom. The molecule has 3 nitrogen and oxygen atoms in total. The Hall–Kier alpha value is -2.75. The Morgan fingerprint density at radius 1 is 0.935 bits per heavy atom. The molecule has 2 aliphatic rings. The number of aryl methyl sites for hydroxylation is 1. The zero-order chi connectivity index (χ0) is 21.1. The van der Waals surface area contributed by atoms with Crippen molar-refractivity contribution in [3.8, 4) is 11.6 Å². The van der Waals surface area contributed by atoms with Crippen LogP contribution in [0, 0.1) is 0 Å². The van der Waals surface area contributed by atoms with Crippen molar-refractivity contribution in [3.05, 3.63) is 92.6 Å². The van der Waals surface area contributed by atoms with E-state index in [2.05, 4.69) is 24.3 Å². The molecule has 0 saturated heterocycles. The molecule has 1 unspecified atom stereocenters. The number of fused-ring (bicyclic) bond motifs is 5. The lowest BCUT2D eigenvalue weighted by atomic mass is 9.80. The Morgan fingerprint density at radius 3 is 2.65 bits per heavy atom. The predicted octanol–water partition coefficient (Wildman–Crippen LogP) is 7.29. The van der Waals surface area contributed by atoms with Gasteiger partial charge in [-0.2, -0.15) is 0 Å². The minimum atomic E-state index is -0.127. The number of benzene rings is 3. The molecule has 31 heavy (non-hydrogen) atoms. The maximum absolute atomic E-state index is 6.81. The summed E-state index contributed by atoms with van der Waals surface area (Å²) in [6, 6.07) is 18.3. The summed E-state index contributed by atoms with van der Waals surface area (Å²) in [6.45, 7) is 0. The topological polar surface area (TPSA) is 48.1 Å². The lowest BCUT2D eigenvalue weighted by Crippen LogP contribution is -2.19. The van der Waals surface area contributed by atoms with Crippen LogP contribution in [0.3, 0.4) is 0 Å². The fourth-order valence-electron chi connectivity index (χ4n) is 5.01. The van der Waals surface area contributed by atoms with Crippen molar-refractivity contribution < 1.29 is 4.74 Å². The highest BCUT2D eigenvalue weighted by Crippen LogP contribution is 2.52. The smallest absolute Gasteiger partial charge is 0.225 e. The number of nitrogens with two attached hydrogens (primary N) is 1. The van der Waals surface area contributed by atoms with Gasteiger partial charge in [0.25, 0.3) is 0 Å². The molecule has 0 amide bonds. The predicted molar refractivity (Wildman–Crippen MR) is 127 cm³/mol. The van der Waals surface area contributed by atoms with E-state index in [1.807, 2.05) is 30.3 Å². The van der Waals surface area contributed by atoms with Gasteiger partial charge in [-0.15, -0.1) is 0 Å². The van der Waals surface area contributed by atoms with Gasteiger partial charge in [0.2, 0.25) is 5.88 Å². The third kappa shape index (κ3) is 2.91. The summed E-state index contributed by atoms with van der Waals surface area (Å²) in [6.07, 6.45) is 4.17. The van der Waals surface area contributed by atoms with Gasteiger partial charge in [-0.3, -0.25) is 0 Å². The van der Waals surface area contributed by atoms with Gasteiger partial charge in [-0.05, 0) is 54.3 Å². The van der Waals surface area contributed by atoms with E-state index in [0.717, 1.165) is 70.3 Å². The Labute approximate surface area is 190 Å². The van der Waals surface area contributed by atoms with E-state index in [1.54, 1.807) is 0 Å². The number of hydrogen-bond acceptors (Lipinski definition) is 3. The van der Waals surface area contributed by atoms with Gasteiger partial charge in [0.05, 0.1) is 10.0 Å². The monoisotopic (exact) mass is 446 g/mol. The van der Waals surface area contributed by atoms with Crippen LogP contribution in [0.15, 0.2) is 54.6 Å². The van der Waals surface area contributed by atoms with Crippen molar-refractivity contribution in [2.75, 3.05) is 5.73 Å². The minimum absolute atomic E-state index is 0.127. The summed E-state index contributed by atoms with van der Waals surface area (Å²) < 4.78 is 6.49. The Bertz CT molecular complexity index is 1370. The summed E-state index contributed by atoms with van der Waals surface area (Å²) in [5.41, 5.74) is 12.9. The van der Waals surface area contributed by atoms with Crippen LogP contribution in [-0.2, 0) is 12.8 Å². The van der Waals surface area contributed by atoms with Crippen LogP contribution in [0.2, 0.25) is 10.0 Å². The Balaban J connectivity index is 1.67. The van der Waals surface area contributed by atoms with E-state index < -0.39 is 0 Å². The molecule has 0 spiro atoms. The van der Waals surface area contributed by atoms with Crippen LogP contribution >= 0.6 is 23.2 Å². The first-order valence-electron chi connectivity index (χ1n) is 10.6. The fourth-order valence-corrected chi connectivity index (χ4v) is 5.32. The number of halogens is 2. The molecule has 0 radical (unpaired) electrons. The van der Waals surface area contributed by atoms with Gasteiger partial charge in [0, 0.05) is 33.8 Å². The first-order chi connectivity index (χ1) is 15.1. The number of aromatic nitrogens is 1. The molecule has 2 N–H and O–H groups in total. The zero-order valence-electron chi connectivity index (χ0n) is 16.8. The van der Waals surface area contributed by atoms with E-state index in [0.29, 0.717) is 15.9 Å². The minimum Gasteiger partial charge on any atom is -0.438 e. The van der Waals surface area contributed by atoms with Crippen LogP contribution in [0.1, 0.15) is 46.7 Å². The fraction of sp³-hybridized carbons (Fsp3) is 0.192. The van der Waals surface area contributed by atoms with Crippen LogP contribution in [0.25, 0.3) is 10.8 Å². The molecule has 0 fully saturated rings. The van der Waals surface area contributed by atoms with E-state index >= 15 is 0 Å². The van der Waals surface area contributed by atoms with E-state index in [4.69, 9.17) is 38.7 Å².